The summed E-state index contributed by atoms with van der Waals surface area (Å²) in [7, 11) is 0. The highest BCUT2D eigenvalue weighted by Crippen LogP contribution is 2.15. The van der Waals surface area contributed by atoms with Crippen molar-refractivity contribution in [2.24, 2.45) is 21.5 Å². The maximum absolute atomic E-state index is 12.1. The van der Waals surface area contributed by atoms with Crippen LogP contribution < -0.4 is 11.5 Å². The van der Waals surface area contributed by atoms with Crippen molar-refractivity contribution < 1.29 is 19.1 Å². The van der Waals surface area contributed by atoms with Crippen molar-refractivity contribution in [1.82, 2.24) is 9.80 Å². The maximum atomic E-state index is 12.1. The molecule has 1 aliphatic rings. The Balaban J connectivity index is 1.87. The minimum absolute atomic E-state index is 0.0603. The molecule has 1 aliphatic heterocycles. The lowest BCUT2D eigenvalue weighted by molar-refractivity contribution is -0.144. The van der Waals surface area contributed by atoms with Crippen LogP contribution in [0.1, 0.15) is 219 Å². The van der Waals surface area contributed by atoms with Crippen molar-refractivity contribution in [3.63, 3.8) is 0 Å². The molecule has 0 unspecified atom stereocenters. The molecule has 1 rings (SSSR count). The fourth-order valence-electron chi connectivity index (χ4n) is 8.06. The van der Waals surface area contributed by atoms with Gasteiger partial charge in [-0.15, -0.1) is 0 Å². The van der Waals surface area contributed by atoms with Gasteiger partial charge in [-0.1, -0.05) is 155 Å². The Labute approximate surface area is 403 Å². The van der Waals surface area contributed by atoms with Crippen molar-refractivity contribution in [2.45, 2.75) is 219 Å². The highest BCUT2D eigenvalue weighted by molar-refractivity contribution is 7.99. The molecule has 0 amide bonds. The summed E-state index contributed by atoms with van der Waals surface area (Å²) in [5.41, 5.74) is 12.4. The molecule has 0 aliphatic carbocycles. The SMILES string of the molecule is CCCCCCCCCCCCCCOC(=O)CCSCCCC(N)=NCCCN1CCN(CCCN=C(N)CCCSCCC(=O)OCCCCCCCCCCCCCC)CC1. The van der Waals surface area contributed by atoms with E-state index in [1.807, 2.05) is 0 Å². The first kappa shape index (κ1) is 60.5. The zero-order valence-electron chi connectivity index (χ0n) is 41.9. The van der Waals surface area contributed by atoms with Crippen LogP contribution in [0.2, 0.25) is 0 Å². The minimum Gasteiger partial charge on any atom is -0.466 e. The van der Waals surface area contributed by atoms with E-state index in [2.05, 4.69) is 33.6 Å². The number of esters is 2. The Bertz CT molecular complexity index is 1020. The number of nitrogens with zero attached hydrogens (tertiary/aromatic N) is 4. The van der Waals surface area contributed by atoms with Crippen LogP contribution in [0.4, 0.5) is 0 Å². The van der Waals surface area contributed by atoms with Crippen LogP contribution in [0.3, 0.4) is 0 Å². The molecule has 0 bridgehead atoms. The fraction of sp³-hybridized carbons (Fsp3) is 0.923. The molecular weight excluding hydrogens is 837 g/mol. The Morgan fingerprint density at radius 2 is 0.734 bits per heavy atom. The van der Waals surface area contributed by atoms with Crippen LogP contribution in [0.25, 0.3) is 0 Å². The van der Waals surface area contributed by atoms with E-state index in [0.717, 1.165) is 151 Å². The number of hydrogen-bond donors (Lipinski definition) is 2. The van der Waals surface area contributed by atoms with Crippen molar-refractivity contribution >= 4 is 47.1 Å². The summed E-state index contributed by atoms with van der Waals surface area (Å²) in [5, 5.41) is 0. The molecule has 10 nitrogen and oxygen atoms in total. The highest BCUT2D eigenvalue weighted by Gasteiger charge is 2.16. The molecule has 12 heteroatoms. The molecule has 0 spiro atoms. The average molecular weight is 940 g/mol. The maximum Gasteiger partial charge on any atom is 0.306 e. The number of piperazine rings is 1. The van der Waals surface area contributed by atoms with E-state index < -0.39 is 0 Å². The molecule has 0 aromatic carbocycles. The first-order valence-corrected chi connectivity index (χ1v) is 29.2. The van der Waals surface area contributed by atoms with E-state index in [1.54, 1.807) is 23.5 Å². The van der Waals surface area contributed by atoms with Crippen molar-refractivity contribution in [3.8, 4) is 0 Å². The topological polar surface area (TPSA) is 136 Å². The van der Waals surface area contributed by atoms with Crippen molar-refractivity contribution in [2.75, 3.05) is 88.6 Å². The van der Waals surface area contributed by atoms with Crippen LogP contribution in [0.5, 0.6) is 0 Å². The summed E-state index contributed by atoms with van der Waals surface area (Å²) in [5.74, 6) is 5.00. The summed E-state index contributed by atoms with van der Waals surface area (Å²) in [6.45, 7) is 13.8. The normalized spacial score (nSPS) is 14.1. The van der Waals surface area contributed by atoms with Gasteiger partial charge in [0.25, 0.3) is 0 Å². The minimum atomic E-state index is -0.0603. The summed E-state index contributed by atoms with van der Waals surface area (Å²) in [6.07, 6.45) is 38.2. The molecular formula is C52H102N6O4S2. The molecule has 4 N–H and O–H groups in total. The Hall–Kier alpha value is -1.50. The van der Waals surface area contributed by atoms with Crippen LogP contribution in [0, 0.1) is 0 Å². The first-order valence-electron chi connectivity index (χ1n) is 26.9. The van der Waals surface area contributed by atoms with Gasteiger partial charge in [0.2, 0.25) is 0 Å². The lowest BCUT2D eigenvalue weighted by Crippen LogP contribution is -2.46. The third-order valence-electron chi connectivity index (χ3n) is 12.2. The summed E-state index contributed by atoms with van der Waals surface area (Å²) in [6, 6.07) is 0. The van der Waals surface area contributed by atoms with Crippen molar-refractivity contribution in [1.29, 1.82) is 0 Å². The predicted molar refractivity (Wildman–Crippen MR) is 282 cm³/mol. The smallest absolute Gasteiger partial charge is 0.306 e. The van der Waals surface area contributed by atoms with E-state index in [1.165, 1.54) is 128 Å². The Morgan fingerprint density at radius 3 is 1.06 bits per heavy atom. The molecule has 64 heavy (non-hydrogen) atoms. The fourth-order valence-corrected chi connectivity index (χ4v) is 9.78. The van der Waals surface area contributed by atoms with Crippen LogP contribution in [0.15, 0.2) is 9.98 Å². The van der Waals surface area contributed by atoms with Crippen LogP contribution in [-0.2, 0) is 19.1 Å². The zero-order chi connectivity index (χ0) is 46.2. The Kier molecular flexibility index (Phi) is 45.4. The average Bonchev–Trinajstić information content (AvgIpc) is 3.29. The van der Waals surface area contributed by atoms with E-state index in [4.69, 9.17) is 20.9 Å². The van der Waals surface area contributed by atoms with Gasteiger partial charge in [0.15, 0.2) is 0 Å². The van der Waals surface area contributed by atoms with E-state index >= 15 is 0 Å². The van der Waals surface area contributed by atoms with Gasteiger partial charge in [0, 0.05) is 63.6 Å². The lowest BCUT2D eigenvalue weighted by atomic mass is 10.1. The number of amidine groups is 2. The number of carbonyl (C=O) groups is 2. The number of thioether (sulfide) groups is 2. The largest absolute Gasteiger partial charge is 0.466 e. The quantitative estimate of drug-likeness (QED) is 0.0263. The monoisotopic (exact) mass is 939 g/mol. The second kappa shape index (κ2) is 48.0. The number of rotatable bonds is 48. The predicted octanol–water partition coefficient (Wildman–Crippen LogP) is 12.4. The van der Waals surface area contributed by atoms with E-state index in [-0.39, 0.29) is 11.9 Å². The molecule has 0 saturated carbocycles. The molecule has 376 valence electrons. The zero-order valence-corrected chi connectivity index (χ0v) is 43.6. The molecule has 0 aromatic rings. The second-order valence-corrected chi connectivity index (χ2v) is 20.7. The van der Waals surface area contributed by atoms with Gasteiger partial charge < -0.3 is 30.7 Å². The lowest BCUT2D eigenvalue weighted by Gasteiger charge is -2.34. The standard InChI is InChI=1S/C52H102N6O4S2/c1-3-5-7-9-11-13-15-17-19-21-23-25-43-61-51(59)33-47-63-45-27-31-49(53)55-35-29-37-57-39-41-58(42-40-57)38-30-36-56-50(54)32-28-46-64-48-34-52(60)62-44-26-24-22-20-18-16-14-12-10-8-6-4-2/h3-48H2,1-2H3,(H2,53,55)(H2,54,56). The third-order valence-corrected chi connectivity index (χ3v) is 14.4. The van der Waals surface area contributed by atoms with Gasteiger partial charge in [0.05, 0.1) is 37.7 Å². The number of unbranched alkanes of at least 4 members (excludes halogenated alkanes) is 22. The van der Waals surface area contributed by atoms with Gasteiger partial charge >= 0.3 is 11.9 Å². The number of hydrogen-bond acceptors (Lipinski definition) is 10. The van der Waals surface area contributed by atoms with Gasteiger partial charge in [-0.05, 0) is 63.1 Å². The van der Waals surface area contributed by atoms with Gasteiger partial charge in [-0.3, -0.25) is 19.6 Å². The number of aliphatic imine (C=N–C) groups is 2. The van der Waals surface area contributed by atoms with Crippen LogP contribution >= 0.6 is 23.5 Å². The highest BCUT2D eigenvalue weighted by atomic mass is 32.2. The molecule has 0 atom stereocenters. The molecule has 1 saturated heterocycles. The molecule has 0 radical (unpaired) electrons. The Morgan fingerprint density at radius 1 is 0.422 bits per heavy atom. The van der Waals surface area contributed by atoms with Gasteiger partial charge in [-0.25, -0.2) is 0 Å². The third kappa shape index (κ3) is 43.1. The summed E-state index contributed by atoms with van der Waals surface area (Å²) < 4.78 is 10.9. The van der Waals surface area contributed by atoms with Crippen molar-refractivity contribution in [3.05, 3.63) is 0 Å². The van der Waals surface area contributed by atoms with Crippen LogP contribution in [-0.4, -0.2) is 122 Å². The number of carbonyl (C=O) groups excluding carboxylic acids is 2. The molecule has 1 fully saturated rings. The van der Waals surface area contributed by atoms with E-state index in [9.17, 15) is 9.59 Å². The van der Waals surface area contributed by atoms with E-state index in [0.29, 0.717) is 26.1 Å². The van der Waals surface area contributed by atoms with Gasteiger partial charge in [0.1, 0.15) is 0 Å². The molecule has 0 aromatic heterocycles. The molecule has 1 heterocycles. The summed E-state index contributed by atoms with van der Waals surface area (Å²) >= 11 is 3.61. The van der Waals surface area contributed by atoms with Gasteiger partial charge in [-0.2, -0.15) is 23.5 Å². The first-order chi connectivity index (χ1) is 31.4. The number of ether oxygens (including phenoxy) is 2. The summed E-state index contributed by atoms with van der Waals surface area (Å²) in [4.78, 5) is 38.4. The second-order valence-electron chi connectivity index (χ2n) is 18.3. The number of nitrogens with two attached hydrogens (primary N) is 2.